The Kier molecular flexibility index (Phi) is 8.34. The van der Waals surface area contributed by atoms with Crippen LogP contribution >= 0.6 is 0 Å². The molecule has 11 heteroatoms. The van der Waals surface area contributed by atoms with Crippen molar-refractivity contribution in [3.05, 3.63) is 59.7 Å². The van der Waals surface area contributed by atoms with Crippen LogP contribution in [0.2, 0.25) is 0 Å². The molecule has 0 fully saturated rings. The first kappa shape index (κ1) is 26.0. The normalized spacial score (nSPS) is 14.4. The van der Waals surface area contributed by atoms with Crippen LogP contribution in [0.1, 0.15) is 29.9 Å². The summed E-state index contributed by atoms with van der Waals surface area (Å²) in [5.41, 5.74) is 3.75. The molecule has 0 aromatic heterocycles. The van der Waals surface area contributed by atoms with Gasteiger partial charge < -0.3 is 25.2 Å². The van der Waals surface area contributed by atoms with Gasteiger partial charge in [0, 0.05) is 19.6 Å². The standard InChI is InChI=1S/C24H25F3N2O6/c1-34-14(10-22(31)32)12-28-21(30)11-20(24(25,26)27)29-23(33)35-13-19-17-8-4-2-6-15(17)16-7-3-5-9-18(16)19/h2-9,14,19-20H,10-13H2,1H3,(H,28,30)(H,29,33)(H,31,32). The quantitative estimate of drug-likeness (QED) is 0.466. The third kappa shape index (κ3) is 6.72. The van der Waals surface area contributed by atoms with Crippen molar-refractivity contribution in [1.82, 2.24) is 10.6 Å². The molecular formula is C24H25F3N2O6. The van der Waals surface area contributed by atoms with Gasteiger partial charge in [-0.2, -0.15) is 13.2 Å². The number of rotatable bonds is 10. The van der Waals surface area contributed by atoms with E-state index in [1.54, 1.807) is 5.32 Å². The predicted octanol–water partition coefficient (Wildman–Crippen LogP) is 3.45. The number of nitrogens with one attached hydrogen (secondary N) is 2. The maximum Gasteiger partial charge on any atom is 0.409 e. The molecule has 1 aliphatic rings. The highest BCUT2D eigenvalue weighted by atomic mass is 19.4. The van der Waals surface area contributed by atoms with Crippen molar-refractivity contribution in [1.29, 1.82) is 0 Å². The lowest BCUT2D eigenvalue weighted by molar-refractivity contribution is -0.160. The largest absolute Gasteiger partial charge is 0.481 e. The fourth-order valence-corrected chi connectivity index (χ4v) is 3.95. The lowest BCUT2D eigenvalue weighted by Gasteiger charge is -2.22. The van der Waals surface area contributed by atoms with Crippen LogP contribution in [-0.4, -0.2) is 61.7 Å². The Hall–Kier alpha value is -3.60. The minimum atomic E-state index is -4.91. The van der Waals surface area contributed by atoms with Gasteiger partial charge in [-0.3, -0.25) is 9.59 Å². The fraction of sp³-hybridized carbons (Fsp3) is 0.375. The number of alkyl halides is 3. The Balaban J connectivity index is 1.59. The molecule has 0 radical (unpaired) electrons. The van der Waals surface area contributed by atoms with E-state index in [-0.39, 0.29) is 19.1 Å². The van der Waals surface area contributed by atoms with E-state index in [9.17, 15) is 27.6 Å². The van der Waals surface area contributed by atoms with E-state index in [0.29, 0.717) is 0 Å². The van der Waals surface area contributed by atoms with Crippen LogP contribution in [0.5, 0.6) is 0 Å². The van der Waals surface area contributed by atoms with E-state index < -0.39 is 49.1 Å². The number of fused-ring (bicyclic) bond motifs is 3. The number of carbonyl (C=O) groups excluding carboxylic acids is 2. The van der Waals surface area contributed by atoms with Gasteiger partial charge in [-0.1, -0.05) is 48.5 Å². The zero-order chi connectivity index (χ0) is 25.6. The van der Waals surface area contributed by atoms with Crippen LogP contribution in [0.15, 0.2) is 48.5 Å². The number of carboxylic acids is 1. The lowest BCUT2D eigenvalue weighted by Crippen LogP contribution is -2.49. The highest BCUT2D eigenvalue weighted by Crippen LogP contribution is 2.44. The van der Waals surface area contributed by atoms with Crippen molar-refractivity contribution < 1.29 is 42.1 Å². The number of benzene rings is 2. The third-order valence-electron chi connectivity index (χ3n) is 5.68. The van der Waals surface area contributed by atoms with E-state index in [0.717, 1.165) is 22.3 Å². The summed E-state index contributed by atoms with van der Waals surface area (Å²) < 4.78 is 50.4. The molecular weight excluding hydrogens is 469 g/mol. The summed E-state index contributed by atoms with van der Waals surface area (Å²) in [7, 11) is 1.22. The number of hydrogen-bond donors (Lipinski definition) is 3. The van der Waals surface area contributed by atoms with Crippen molar-refractivity contribution in [2.24, 2.45) is 0 Å². The van der Waals surface area contributed by atoms with Gasteiger partial charge in [-0.15, -0.1) is 0 Å². The van der Waals surface area contributed by atoms with Gasteiger partial charge in [0.25, 0.3) is 0 Å². The maximum atomic E-state index is 13.5. The number of methoxy groups -OCH3 is 1. The average Bonchev–Trinajstić information content (AvgIpc) is 3.13. The van der Waals surface area contributed by atoms with E-state index in [1.165, 1.54) is 7.11 Å². The Morgan fingerprint density at radius 2 is 1.57 bits per heavy atom. The summed E-state index contributed by atoms with van der Waals surface area (Å²) in [6.45, 7) is -0.474. The van der Waals surface area contributed by atoms with Crippen LogP contribution in [0.25, 0.3) is 11.1 Å². The monoisotopic (exact) mass is 494 g/mol. The smallest absolute Gasteiger partial charge is 0.409 e. The molecule has 0 saturated heterocycles. The third-order valence-corrected chi connectivity index (χ3v) is 5.68. The second-order valence-electron chi connectivity index (χ2n) is 8.03. The topological polar surface area (TPSA) is 114 Å². The van der Waals surface area contributed by atoms with Crippen molar-refractivity contribution in [2.75, 3.05) is 20.3 Å². The number of aliphatic carboxylic acids is 1. The van der Waals surface area contributed by atoms with Crippen molar-refractivity contribution in [3.63, 3.8) is 0 Å². The summed E-state index contributed by atoms with van der Waals surface area (Å²) >= 11 is 0. The van der Waals surface area contributed by atoms with E-state index in [4.69, 9.17) is 14.6 Å². The number of halogens is 3. The van der Waals surface area contributed by atoms with Crippen molar-refractivity contribution in [3.8, 4) is 11.1 Å². The molecule has 0 spiro atoms. The molecule has 1 aliphatic carbocycles. The Morgan fingerprint density at radius 1 is 1.00 bits per heavy atom. The zero-order valence-corrected chi connectivity index (χ0v) is 18.8. The summed E-state index contributed by atoms with van der Waals surface area (Å²) in [5, 5.41) is 12.7. The van der Waals surface area contributed by atoms with Gasteiger partial charge in [0.2, 0.25) is 5.91 Å². The lowest BCUT2D eigenvalue weighted by atomic mass is 9.98. The Bertz CT molecular complexity index is 1030. The summed E-state index contributed by atoms with van der Waals surface area (Å²) in [6.07, 6.45) is -8.65. The van der Waals surface area contributed by atoms with E-state index in [2.05, 4.69) is 5.32 Å². The Morgan fingerprint density at radius 3 is 2.09 bits per heavy atom. The summed E-state index contributed by atoms with van der Waals surface area (Å²) in [4.78, 5) is 35.0. The number of hydrogen-bond acceptors (Lipinski definition) is 5. The van der Waals surface area contributed by atoms with Crippen LogP contribution in [0.3, 0.4) is 0 Å². The van der Waals surface area contributed by atoms with Crippen molar-refractivity contribution >= 4 is 18.0 Å². The fourth-order valence-electron chi connectivity index (χ4n) is 3.95. The van der Waals surface area contributed by atoms with Gasteiger partial charge >= 0.3 is 18.2 Å². The molecule has 2 amide bonds. The van der Waals surface area contributed by atoms with Gasteiger partial charge in [-0.25, -0.2) is 4.79 Å². The second kappa shape index (κ2) is 11.2. The Labute approximate surface area is 199 Å². The minimum Gasteiger partial charge on any atom is -0.481 e. The van der Waals surface area contributed by atoms with E-state index in [1.807, 2.05) is 48.5 Å². The number of alkyl carbamates (subject to hydrolysis) is 1. The first-order valence-electron chi connectivity index (χ1n) is 10.8. The molecule has 188 valence electrons. The molecule has 0 aliphatic heterocycles. The first-order valence-corrected chi connectivity index (χ1v) is 10.8. The van der Waals surface area contributed by atoms with Crippen LogP contribution in [-0.2, 0) is 19.1 Å². The van der Waals surface area contributed by atoms with Gasteiger partial charge in [0.15, 0.2) is 0 Å². The molecule has 3 rings (SSSR count). The molecule has 35 heavy (non-hydrogen) atoms. The number of ether oxygens (including phenoxy) is 2. The van der Waals surface area contributed by atoms with E-state index >= 15 is 0 Å². The SMILES string of the molecule is COC(CNC(=O)CC(NC(=O)OCC1c2ccccc2-c2ccccc21)C(F)(F)F)CC(=O)O. The number of carboxylic acid groups (broad SMARTS) is 1. The van der Waals surface area contributed by atoms with Gasteiger partial charge in [-0.05, 0) is 22.3 Å². The molecule has 8 nitrogen and oxygen atoms in total. The van der Waals surface area contributed by atoms with Gasteiger partial charge in [0.1, 0.15) is 12.6 Å². The maximum absolute atomic E-state index is 13.5. The molecule has 0 saturated carbocycles. The molecule has 0 heterocycles. The van der Waals surface area contributed by atoms with Gasteiger partial charge in [0.05, 0.1) is 18.9 Å². The van der Waals surface area contributed by atoms with Crippen LogP contribution in [0.4, 0.5) is 18.0 Å². The number of amides is 2. The molecule has 0 bridgehead atoms. The average molecular weight is 494 g/mol. The summed E-state index contributed by atoms with van der Waals surface area (Å²) in [6, 6.07) is 12.5. The minimum absolute atomic E-state index is 0.179. The molecule has 2 atom stereocenters. The number of carbonyl (C=O) groups is 3. The molecule has 2 aromatic rings. The molecule has 2 aromatic carbocycles. The first-order chi connectivity index (χ1) is 16.6. The second-order valence-corrected chi connectivity index (χ2v) is 8.03. The highest BCUT2D eigenvalue weighted by Gasteiger charge is 2.42. The predicted molar refractivity (Wildman–Crippen MR) is 119 cm³/mol. The molecule has 2 unspecified atom stereocenters. The highest BCUT2D eigenvalue weighted by molar-refractivity contribution is 5.80. The van der Waals surface area contributed by atoms with Crippen LogP contribution in [0, 0.1) is 0 Å². The van der Waals surface area contributed by atoms with Crippen LogP contribution < -0.4 is 10.6 Å². The molecule has 3 N–H and O–H groups in total. The zero-order valence-electron chi connectivity index (χ0n) is 18.8. The van der Waals surface area contributed by atoms with Crippen molar-refractivity contribution in [2.45, 2.75) is 37.1 Å². The summed E-state index contributed by atoms with van der Waals surface area (Å²) in [5.74, 6) is -2.55.